The fraction of sp³-hybridized carbons (Fsp3) is 0.136. The number of carbonyl (C=O) groups is 1. The number of anilines is 3. The lowest BCUT2D eigenvalue weighted by atomic mass is 10.0. The Kier molecular flexibility index (Phi) is 5.20. The number of amides is 1. The molecule has 4 heterocycles. The van der Waals surface area contributed by atoms with Crippen LogP contribution in [0.1, 0.15) is 21.7 Å². The van der Waals surface area contributed by atoms with Crippen LogP contribution in [0, 0.1) is 5.82 Å². The van der Waals surface area contributed by atoms with Gasteiger partial charge in [-0.05, 0) is 36.4 Å². The molecule has 0 spiro atoms. The molecule has 1 aromatic carbocycles. The van der Waals surface area contributed by atoms with Crippen LogP contribution in [0.5, 0.6) is 0 Å². The number of carbonyl (C=O) groups excluding carboxylic acids is 1. The first-order valence-electron chi connectivity index (χ1n) is 9.90. The van der Waals surface area contributed by atoms with Gasteiger partial charge in [-0.1, -0.05) is 0 Å². The highest BCUT2D eigenvalue weighted by atomic mass is 32.1. The van der Waals surface area contributed by atoms with Gasteiger partial charge in [0.15, 0.2) is 11.0 Å². The van der Waals surface area contributed by atoms with Gasteiger partial charge in [-0.15, -0.1) is 11.3 Å². The summed E-state index contributed by atoms with van der Waals surface area (Å²) in [6, 6.07) is 9.74. The maximum absolute atomic E-state index is 13.4. The van der Waals surface area contributed by atoms with Crippen LogP contribution in [0.2, 0.25) is 0 Å². The maximum atomic E-state index is 13.4. The molecule has 1 aliphatic rings. The lowest BCUT2D eigenvalue weighted by molar-refractivity contribution is 0.0729. The van der Waals surface area contributed by atoms with Crippen molar-refractivity contribution in [1.82, 2.24) is 24.8 Å². The summed E-state index contributed by atoms with van der Waals surface area (Å²) in [5.41, 5.74) is 9.15. The third-order valence-electron chi connectivity index (χ3n) is 5.12. The number of fused-ring (bicyclic) bond motifs is 1. The second-order valence-corrected chi connectivity index (χ2v) is 8.13. The lowest BCUT2D eigenvalue weighted by Crippen LogP contribution is -2.37. The molecule has 10 heteroatoms. The summed E-state index contributed by atoms with van der Waals surface area (Å²) in [5.74, 6) is 0.590. The van der Waals surface area contributed by atoms with E-state index in [0.29, 0.717) is 47.7 Å². The van der Waals surface area contributed by atoms with Gasteiger partial charge in [0.1, 0.15) is 17.3 Å². The molecule has 1 aliphatic heterocycles. The quantitative estimate of drug-likeness (QED) is 0.491. The molecule has 0 unspecified atom stereocenters. The van der Waals surface area contributed by atoms with Crippen LogP contribution in [-0.4, -0.2) is 37.3 Å². The van der Waals surface area contributed by atoms with Gasteiger partial charge in [-0.25, -0.2) is 19.3 Å². The zero-order valence-corrected chi connectivity index (χ0v) is 17.6. The molecular weight excluding hydrogens is 429 g/mol. The maximum Gasteiger partial charge on any atom is 0.273 e. The molecule has 0 aliphatic carbocycles. The summed E-state index contributed by atoms with van der Waals surface area (Å²) < 4.78 is 13.4. The van der Waals surface area contributed by atoms with E-state index in [-0.39, 0.29) is 11.7 Å². The van der Waals surface area contributed by atoms with Crippen LogP contribution in [-0.2, 0) is 13.0 Å². The van der Waals surface area contributed by atoms with E-state index in [2.05, 4.69) is 15.3 Å². The first-order chi connectivity index (χ1) is 15.6. The molecule has 0 saturated carbocycles. The van der Waals surface area contributed by atoms with E-state index < -0.39 is 0 Å². The van der Waals surface area contributed by atoms with Crippen molar-refractivity contribution >= 4 is 33.9 Å². The predicted octanol–water partition coefficient (Wildman–Crippen LogP) is 3.66. The average Bonchev–Trinajstić information content (AvgIpc) is 3.26. The number of aromatic nitrogens is 4. The number of rotatable bonds is 4. The van der Waals surface area contributed by atoms with E-state index in [9.17, 15) is 9.18 Å². The van der Waals surface area contributed by atoms with Gasteiger partial charge in [-0.3, -0.25) is 9.78 Å². The van der Waals surface area contributed by atoms with Gasteiger partial charge >= 0.3 is 0 Å². The van der Waals surface area contributed by atoms with Gasteiger partial charge in [0.25, 0.3) is 5.91 Å². The van der Waals surface area contributed by atoms with Crippen LogP contribution in [0.3, 0.4) is 0 Å². The minimum absolute atomic E-state index is 0.187. The standard InChI is InChI=1S/C22H18FN7OS/c23-14-3-5-15(6-4-14)26-20-16-11-30(21(31)18-12-32-22(24)28-18)9-7-17(16)27-19(29-20)13-2-1-8-25-10-13/h1-6,8,10,12H,7,9,11H2,(H2,24,28)(H,26,27,29). The van der Waals surface area contributed by atoms with E-state index in [0.717, 1.165) is 16.8 Å². The Hall–Kier alpha value is -3.92. The number of nitrogens with zero attached hydrogens (tertiary/aromatic N) is 5. The van der Waals surface area contributed by atoms with E-state index in [4.69, 9.17) is 15.7 Å². The highest BCUT2D eigenvalue weighted by molar-refractivity contribution is 7.13. The highest BCUT2D eigenvalue weighted by Crippen LogP contribution is 2.30. The van der Waals surface area contributed by atoms with Gasteiger partial charge in [0.2, 0.25) is 0 Å². The van der Waals surface area contributed by atoms with Crippen LogP contribution < -0.4 is 11.1 Å². The first-order valence-corrected chi connectivity index (χ1v) is 10.8. The minimum Gasteiger partial charge on any atom is -0.375 e. The molecule has 0 bridgehead atoms. The Morgan fingerprint density at radius 2 is 2.00 bits per heavy atom. The predicted molar refractivity (Wildman–Crippen MR) is 120 cm³/mol. The monoisotopic (exact) mass is 447 g/mol. The summed E-state index contributed by atoms with van der Waals surface area (Å²) in [4.78, 5) is 32.4. The van der Waals surface area contributed by atoms with Crippen molar-refractivity contribution < 1.29 is 9.18 Å². The number of halogens is 1. The van der Waals surface area contributed by atoms with Crippen molar-refractivity contribution in [2.75, 3.05) is 17.6 Å². The molecule has 1 amide bonds. The fourth-order valence-electron chi connectivity index (χ4n) is 3.53. The molecular formula is C22H18FN7OS. The number of thiazole rings is 1. The van der Waals surface area contributed by atoms with E-state index in [1.54, 1.807) is 34.8 Å². The number of nitrogens with two attached hydrogens (primary N) is 1. The minimum atomic E-state index is -0.323. The Labute approximate surface area is 187 Å². The fourth-order valence-corrected chi connectivity index (χ4v) is 4.07. The number of pyridine rings is 1. The van der Waals surface area contributed by atoms with Gasteiger partial charge in [0.05, 0.1) is 12.2 Å². The van der Waals surface area contributed by atoms with Gasteiger partial charge in [0, 0.05) is 47.6 Å². The largest absolute Gasteiger partial charge is 0.375 e. The van der Waals surface area contributed by atoms with Crippen LogP contribution in [0.15, 0.2) is 54.2 Å². The average molecular weight is 447 g/mol. The second kappa shape index (κ2) is 8.31. The third-order valence-corrected chi connectivity index (χ3v) is 5.79. The topological polar surface area (TPSA) is 110 Å². The van der Waals surface area contributed by atoms with Crippen molar-refractivity contribution in [1.29, 1.82) is 0 Å². The van der Waals surface area contributed by atoms with Crippen molar-refractivity contribution in [2.45, 2.75) is 13.0 Å². The van der Waals surface area contributed by atoms with Crippen molar-refractivity contribution in [3.8, 4) is 11.4 Å². The molecule has 8 nitrogen and oxygen atoms in total. The summed E-state index contributed by atoms with van der Waals surface area (Å²) in [6.07, 6.45) is 3.96. The molecule has 32 heavy (non-hydrogen) atoms. The number of hydrogen-bond acceptors (Lipinski definition) is 8. The zero-order chi connectivity index (χ0) is 22.1. The smallest absolute Gasteiger partial charge is 0.273 e. The Balaban J connectivity index is 1.53. The van der Waals surface area contributed by atoms with E-state index >= 15 is 0 Å². The normalized spacial score (nSPS) is 13.0. The lowest BCUT2D eigenvalue weighted by Gasteiger charge is -2.29. The summed E-state index contributed by atoms with van der Waals surface area (Å²) in [5, 5.41) is 5.28. The molecule has 0 radical (unpaired) electrons. The molecule has 160 valence electrons. The SMILES string of the molecule is Nc1nc(C(=O)N2CCc3nc(-c4cccnc4)nc(Nc4ccc(F)cc4)c3C2)cs1. The molecule has 0 atom stereocenters. The summed E-state index contributed by atoms with van der Waals surface area (Å²) in [6.45, 7) is 0.825. The Morgan fingerprint density at radius 1 is 1.16 bits per heavy atom. The van der Waals surface area contributed by atoms with E-state index in [1.807, 2.05) is 12.1 Å². The molecule has 3 N–H and O–H groups in total. The van der Waals surface area contributed by atoms with Gasteiger partial charge in [-0.2, -0.15) is 0 Å². The first kappa shape index (κ1) is 20.0. The number of benzene rings is 1. The van der Waals surface area contributed by atoms with Crippen molar-refractivity contribution in [3.05, 3.63) is 76.9 Å². The summed E-state index contributed by atoms with van der Waals surface area (Å²) in [7, 11) is 0. The van der Waals surface area contributed by atoms with Crippen LogP contribution in [0.4, 0.5) is 21.0 Å². The molecule has 3 aromatic heterocycles. The van der Waals surface area contributed by atoms with Crippen LogP contribution >= 0.6 is 11.3 Å². The number of nitrogen functional groups attached to an aromatic ring is 1. The van der Waals surface area contributed by atoms with Crippen LogP contribution in [0.25, 0.3) is 11.4 Å². The molecule has 0 saturated heterocycles. The molecule has 0 fully saturated rings. The Bertz CT molecular complexity index is 1280. The van der Waals surface area contributed by atoms with E-state index in [1.165, 1.54) is 23.5 Å². The van der Waals surface area contributed by atoms with Crippen molar-refractivity contribution in [2.24, 2.45) is 0 Å². The van der Waals surface area contributed by atoms with Gasteiger partial charge < -0.3 is 16.0 Å². The molecule has 4 aromatic rings. The second-order valence-electron chi connectivity index (χ2n) is 7.24. The van der Waals surface area contributed by atoms with Crippen molar-refractivity contribution in [3.63, 3.8) is 0 Å². The number of hydrogen-bond donors (Lipinski definition) is 2. The third kappa shape index (κ3) is 4.00. The Morgan fingerprint density at radius 3 is 2.72 bits per heavy atom. The summed E-state index contributed by atoms with van der Waals surface area (Å²) >= 11 is 1.23. The zero-order valence-electron chi connectivity index (χ0n) is 16.8. The molecule has 5 rings (SSSR count). The highest BCUT2D eigenvalue weighted by Gasteiger charge is 2.27. The number of nitrogens with one attached hydrogen (secondary N) is 1.